The molecule has 0 radical (unpaired) electrons. The molecule has 0 aromatic rings. The molecule has 7 atom stereocenters. The van der Waals surface area contributed by atoms with Gasteiger partial charge in [-0.3, -0.25) is 4.79 Å². The van der Waals surface area contributed by atoms with Crippen LogP contribution in [0.15, 0.2) is 83.1 Å². The maximum atomic E-state index is 12.7. The van der Waals surface area contributed by atoms with Crippen LogP contribution in [0.3, 0.4) is 0 Å². The van der Waals surface area contributed by atoms with Gasteiger partial charge >= 0.3 is 0 Å². The topological polar surface area (TPSA) is 98.0 Å². The van der Waals surface area contributed by atoms with Gasteiger partial charge in [0.1, 0.15) is 6.29 Å². The molecule has 212 valence electrons. The van der Waals surface area contributed by atoms with Crippen LogP contribution >= 0.6 is 0 Å². The van der Waals surface area contributed by atoms with E-state index in [4.69, 9.17) is 0 Å². The smallest absolute Gasteiger partial charge is 0.145 e. The Morgan fingerprint density at radius 2 is 1.90 bits per heavy atom. The molecule has 0 amide bonds. The minimum absolute atomic E-state index is 0.0482. The first kappa shape index (κ1) is 29.7. The summed E-state index contributed by atoms with van der Waals surface area (Å²) in [6, 6.07) is 0. The molecule has 4 aliphatic rings. The van der Waals surface area contributed by atoms with Crippen LogP contribution in [0, 0.1) is 28.6 Å². The number of aldehydes is 1. The Morgan fingerprint density at radius 3 is 2.54 bits per heavy atom. The number of aliphatic hydroxyl groups is 4. The third kappa shape index (κ3) is 4.61. The maximum Gasteiger partial charge on any atom is 0.145 e. The molecule has 0 heterocycles. The first-order valence-electron chi connectivity index (χ1n) is 14.3. The van der Waals surface area contributed by atoms with E-state index < -0.39 is 27.9 Å². The third-order valence-electron chi connectivity index (χ3n) is 10.1. The van der Waals surface area contributed by atoms with Crippen molar-refractivity contribution >= 4 is 6.29 Å². The maximum absolute atomic E-state index is 12.7. The van der Waals surface area contributed by atoms with E-state index in [1.54, 1.807) is 0 Å². The molecule has 0 aliphatic heterocycles. The van der Waals surface area contributed by atoms with Gasteiger partial charge in [0.05, 0.1) is 17.8 Å². The number of rotatable bonds is 10. The Balaban J connectivity index is 1.79. The summed E-state index contributed by atoms with van der Waals surface area (Å²) in [6.07, 6.45) is 20.6. The summed E-state index contributed by atoms with van der Waals surface area (Å²) in [5, 5.41) is 45.5. The lowest BCUT2D eigenvalue weighted by atomic mass is 9.38. The number of allylic oxidation sites excluding steroid dienone is 11. The zero-order valence-electron chi connectivity index (χ0n) is 24.0. The number of fused-ring (bicyclic) bond motifs is 1. The second kappa shape index (κ2) is 10.9. The Labute approximate surface area is 233 Å². The minimum atomic E-state index is -1.44. The predicted octanol–water partition coefficient (Wildman–Crippen LogP) is 5.30. The highest BCUT2D eigenvalue weighted by Gasteiger charge is 2.76. The number of carbonyl (C=O) groups excluding carboxylic acids is 1. The van der Waals surface area contributed by atoms with Crippen molar-refractivity contribution in [2.75, 3.05) is 13.2 Å². The number of carbonyl (C=O) groups is 1. The molecule has 4 rings (SSSR count). The second-order valence-electron chi connectivity index (χ2n) is 12.7. The summed E-state index contributed by atoms with van der Waals surface area (Å²) in [5.74, 6) is -0.844. The van der Waals surface area contributed by atoms with E-state index in [1.807, 2.05) is 44.2 Å². The SMILES string of the molecule is C=C(/C=C/C=C(/CO)[C@@H]1CC[C@@]23[C@H]4/C(=C(/C)C=O)[C@H](C=C[C@@]4(CCO)C=C[C@@]12O)C[C@@]3(C)O)CCC=C(C)C. The lowest BCUT2D eigenvalue weighted by Gasteiger charge is -2.68. The quantitative estimate of drug-likeness (QED) is 0.132. The van der Waals surface area contributed by atoms with E-state index >= 15 is 0 Å². The van der Waals surface area contributed by atoms with Gasteiger partial charge in [0.15, 0.2) is 0 Å². The van der Waals surface area contributed by atoms with Gasteiger partial charge in [-0.2, -0.15) is 0 Å². The molecule has 2 bridgehead atoms. The van der Waals surface area contributed by atoms with Gasteiger partial charge in [0.2, 0.25) is 0 Å². The zero-order valence-corrected chi connectivity index (χ0v) is 24.0. The van der Waals surface area contributed by atoms with E-state index in [1.165, 1.54) is 5.57 Å². The fraction of sp³-hybridized carbons (Fsp3) is 0.559. The molecule has 2 fully saturated rings. The average molecular weight is 535 g/mol. The molecule has 39 heavy (non-hydrogen) atoms. The van der Waals surface area contributed by atoms with Gasteiger partial charge in [-0.15, -0.1) is 0 Å². The molecule has 0 aromatic heterocycles. The van der Waals surface area contributed by atoms with Gasteiger partial charge in [0.25, 0.3) is 0 Å². The molecule has 2 saturated carbocycles. The number of hydrogen-bond acceptors (Lipinski definition) is 5. The van der Waals surface area contributed by atoms with Gasteiger partial charge in [-0.25, -0.2) is 0 Å². The molecule has 0 saturated heterocycles. The van der Waals surface area contributed by atoms with Crippen LogP contribution in [-0.2, 0) is 4.79 Å². The number of hydrogen-bond donors (Lipinski definition) is 4. The van der Waals surface area contributed by atoms with Crippen molar-refractivity contribution < 1.29 is 25.2 Å². The second-order valence-corrected chi connectivity index (χ2v) is 12.7. The van der Waals surface area contributed by atoms with Crippen LogP contribution in [0.4, 0.5) is 0 Å². The summed E-state index contributed by atoms with van der Waals surface area (Å²) >= 11 is 0. The Bertz CT molecular complexity index is 1180. The monoisotopic (exact) mass is 534 g/mol. The van der Waals surface area contributed by atoms with E-state index in [0.717, 1.165) is 30.3 Å². The van der Waals surface area contributed by atoms with Crippen molar-refractivity contribution in [1.82, 2.24) is 0 Å². The molecular weight excluding hydrogens is 488 g/mol. The van der Waals surface area contributed by atoms with Crippen LogP contribution in [0.25, 0.3) is 0 Å². The molecule has 4 N–H and O–H groups in total. The van der Waals surface area contributed by atoms with Gasteiger partial charge in [-0.05, 0) is 77.4 Å². The lowest BCUT2D eigenvalue weighted by molar-refractivity contribution is -0.224. The largest absolute Gasteiger partial charge is 0.396 e. The van der Waals surface area contributed by atoms with Gasteiger partial charge in [-0.1, -0.05) is 71.9 Å². The van der Waals surface area contributed by atoms with E-state index in [0.29, 0.717) is 36.8 Å². The standard InChI is InChI=1S/C34H46O5/c1-23(2)8-6-9-24(3)10-7-11-27(22-37)28-13-15-33-30-29(25(4)21-36)26(20-31(33,5)38)12-14-32(30,18-19-35)16-17-34(28,33)39/h7-8,10-12,14,16-17,21,26,28,30,35,37-39H,3,6,9,13,15,18-20,22H2,1-2,4-5H3/b10-7+,27-11-,29-25-/t26-,28+,30+,31-,32+,33+,34-/m1/s1. The highest BCUT2D eigenvalue weighted by Crippen LogP contribution is 2.74. The van der Waals surface area contributed by atoms with Gasteiger partial charge < -0.3 is 20.4 Å². The van der Waals surface area contributed by atoms with Crippen LogP contribution in [-0.4, -0.2) is 51.1 Å². The highest BCUT2D eigenvalue weighted by atomic mass is 16.3. The molecule has 0 unspecified atom stereocenters. The third-order valence-corrected chi connectivity index (χ3v) is 10.1. The first-order chi connectivity index (χ1) is 18.4. The lowest BCUT2D eigenvalue weighted by Crippen LogP contribution is -2.71. The normalized spacial score (nSPS) is 40.0. The molecule has 0 aromatic carbocycles. The summed E-state index contributed by atoms with van der Waals surface area (Å²) in [5.41, 5.74) is 0.327. The molecule has 1 spiro atoms. The summed E-state index contributed by atoms with van der Waals surface area (Å²) in [7, 11) is 0. The van der Waals surface area contributed by atoms with Crippen LogP contribution < -0.4 is 0 Å². The molecular formula is C34H46O5. The van der Waals surface area contributed by atoms with Crippen LogP contribution in [0.1, 0.15) is 66.2 Å². The predicted molar refractivity (Wildman–Crippen MR) is 156 cm³/mol. The highest BCUT2D eigenvalue weighted by molar-refractivity contribution is 5.75. The van der Waals surface area contributed by atoms with Crippen LogP contribution in [0.2, 0.25) is 0 Å². The summed E-state index contributed by atoms with van der Waals surface area (Å²) in [4.78, 5) is 12.1. The Morgan fingerprint density at radius 1 is 1.15 bits per heavy atom. The fourth-order valence-corrected chi connectivity index (χ4v) is 8.48. The van der Waals surface area contributed by atoms with Crippen molar-refractivity contribution in [3.63, 3.8) is 0 Å². The van der Waals surface area contributed by atoms with Crippen LogP contribution in [0.5, 0.6) is 0 Å². The zero-order chi connectivity index (χ0) is 28.6. The van der Waals surface area contributed by atoms with Crippen molar-refractivity contribution in [3.8, 4) is 0 Å². The van der Waals surface area contributed by atoms with Crippen molar-refractivity contribution in [3.05, 3.63) is 83.1 Å². The Kier molecular flexibility index (Phi) is 8.31. The van der Waals surface area contributed by atoms with Crippen molar-refractivity contribution in [2.24, 2.45) is 28.6 Å². The molecule has 4 aliphatic carbocycles. The van der Waals surface area contributed by atoms with Crippen molar-refractivity contribution in [2.45, 2.75) is 77.4 Å². The Hall–Kier alpha value is -2.31. The van der Waals surface area contributed by atoms with E-state index in [2.05, 4.69) is 38.7 Å². The molecule has 5 heteroatoms. The molecule has 5 nitrogen and oxygen atoms in total. The summed E-state index contributed by atoms with van der Waals surface area (Å²) in [6.45, 7) is 11.7. The van der Waals surface area contributed by atoms with Crippen molar-refractivity contribution in [1.29, 1.82) is 0 Å². The minimum Gasteiger partial charge on any atom is -0.396 e. The number of aliphatic hydroxyl groups excluding tert-OH is 2. The summed E-state index contributed by atoms with van der Waals surface area (Å²) < 4.78 is 0. The fourth-order valence-electron chi connectivity index (χ4n) is 8.48. The first-order valence-corrected chi connectivity index (χ1v) is 14.3. The van der Waals surface area contributed by atoms with E-state index in [-0.39, 0.29) is 25.0 Å². The van der Waals surface area contributed by atoms with E-state index in [9.17, 15) is 25.2 Å². The van der Waals surface area contributed by atoms with Gasteiger partial charge in [0, 0.05) is 35.2 Å². The average Bonchev–Trinajstić information content (AvgIpc) is 3.20.